The smallest absolute Gasteiger partial charge is 0.336 e. The molecule has 5 heteroatoms. The van der Waals surface area contributed by atoms with Gasteiger partial charge in [-0.05, 0) is 56.2 Å². The largest absolute Gasteiger partial charge is 0.338 e. The lowest BCUT2D eigenvalue weighted by Gasteiger charge is -2.14. The van der Waals surface area contributed by atoms with Crippen LogP contribution in [0.1, 0.15) is 22.3 Å². The van der Waals surface area contributed by atoms with Crippen LogP contribution in [-0.4, -0.2) is 13.7 Å². The number of rotatable bonds is 3. The fourth-order valence-corrected chi connectivity index (χ4v) is 4.60. The minimum absolute atomic E-state index is 0.299. The Hall–Kier alpha value is -3.86. The van der Waals surface area contributed by atoms with Crippen molar-refractivity contribution in [1.29, 1.82) is 0 Å². The van der Waals surface area contributed by atoms with E-state index in [1.807, 2.05) is 87.0 Å². The van der Waals surface area contributed by atoms with Crippen molar-refractivity contribution in [2.24, 2.45) is 7.05 Å². The molecule has 0 amide bonds. The van der Waals surface area contributed by atoms with E-state index in [0.29, 0.717) is 23.3 Å². The van der Waals surface area contributed by atoms with Gasteiger partial charge < -0.3 is 4.57 Å². The summed E-state index contributed by atoms with van der Waals surface area (Å²) in [6, 6.07) is 21.7. The normalized spacial score (nSPS) is 11.5. The van der Waals surface area contributed by atoms with Crippen LogP contribution < -0.4 is 11.2 Å². The first-order chi connectivity index (χ1) is 15.3. The van der Waals surface area contributed by atoms with E-state index in [1.165, 1.54) is 4.57 Å². The molecule has 0 unspecified atom stereocenters. The number of fused-ring (bicyclic) bond motifs is 3. The summed E-state index contributed by atoms with van der Waals surface area (Å²) in [5, 5.41) is 0.917. The van der Waals surface area contributed by atoms with Gasteiger partial charge in [0.25, 0.3) is 5.56 Å². The lowest BCUT2D eigenvalue weighted by Crippen LogP contribution is -2.39. The van der Waals surface area contributed by atoms with Crippen LogP contribution in [0.2, 0.25) is 0 Å². The summed E-state index contributed by atoms with van der Waals surface area (Å²) in [5.41, 5.74) is 6.33. The SMILES string of the molecule is Cc1cccc(Cn2c(=O)n(-c3cccc(C)c3)c(=O)c3c2c2cc(C)ccc2n3C)c1. The lowest BCUT2D eigenvalue weighted by molar-refractivity contribution is 0.712. The highest BCUT2D eigenvalue weighted by Crippen LogP contribution is 2.27. The number of benzene rings is 3. The second-order valence-corrected chi connectivity index (χ2v) is 8.61. The van der Waals surface area contributed by atoms with Crippen LogP contribution in [0.5, 0.6) is 0 Å². The van der Waals surface area contributed by atoms with Crippen molar-refractivity contribution >= 4 is 21.9 Å². The van der Waals surface area contributed by atoms with Gasteiger partial charge in [-0.15, -0.1) is 0 Å². The molecule has 2 aromatic heterocycles. The maximum Gasteiger partial charge on any atom is 0.336 e. The molecule has 32 heavy (non-hydrogen) atoms. The third kappa shape index (κ3) is 3.09. The summed E-state index contributed by atoms with van der Waals surface area (Å²) >= 11 is 0. The quantitative estimate of drug-likeness (QED) is 0.425. The highest BCUT2D eigenvalue weighted by molar-refractivity contribution is 6.06. The van der Waals surface area contributed by atoms with Crippen molar-refractivity contribution in [3.05, 3.63) is 110 Å². The van der Waals surface area contributed by atoms with E-state index in [9.17, 15) is 9.59 Å². The lowest BCUT2D eigenvalue weighted by atomic mass is 10.1. The molecule has 5 aromatic rings. The first-order valence-electron chi connectivity index (χ1n) is 10.7. The molecule has 5 rings (SSSR count). The van der Waals surface area contributed by atoms with E-state index in [4.69, 9.17) is 0 Å². The number of nitrogens with zero attached hydrogens (tertiary/aromatic N) is 3. The molecule has 0 aliphatic heterocycles. The molecule has 0 spiro atoms. The Balaban J connectivity index is 1.96. The Labute approximate surface area is 185 Å². The van der Waals surface area contributed by atoms with Crippen LogP contribution in [0.25, 0.3) is 27.6 Å². The van der Waals surface area contributed by atoms with Crippen molar-refractivity contribution in [3.63, 3.8) is 0 Å². The summed E-state index contributed by atoms with van der Waals surface area (Å²) in [6.45, 7) is 6.40. The summed E-state index contributed by atoms with van der Waals surface area (Å²) in [6.07, 6.45) is 0. The van der Waals surface area contributed by atoms with E-state index in [1.54, 1.807) is 4.57 Å². The zero-order valence-corrected chi connectivity index (χ0v) is 18.7. The average Bonchev–Trinajstić information content (AvgIpc) is 3.03. The minimum Gasteiger partial charge on any atom is -0.338 e. The van der Waals surface area contributed by atoms with Crippen molar-refractivity contribution in [3.8, 4) is 5.69 Å². The van der Waals surface area contributed by atoms with Gasteiger partial charge >= 0.3 is 5.69 Å². The number of hydrogen-bond acceptors (Lipinski definition) is 2. The Morgan fingerprint density at radius 2 is 1.44 bits per heavy atom. The third-order valence-electron chi connectivity index (χ3n) is 6.11. The Morgan fingerprint density at radius 1 is 0.750 bits per heavy atom. The van der Waals surface area contributed by atoms with Gasteiger partial charge in [0.15, 0.2) is 0 Å². The van der Waals surface area contributed by atoms with Gasteiger partial charge in [-0.1, -0.05) is 53.6 Å². The van der Waals surface area contributed by atoms with Gasteiger partial charge in [0, 0.05) is 12.4 Å². The molecule has 0 saturated heterocycles. The molecule has 0 radical (unpaired) electrons. The molecule has 5 nitrogen and oxygen atoms in total. The number of hydrogen-bond donors (Lipinski definition) is 0. The predicted octanol–water partition coefficient (Wildman–Crippen LogP) is 4.62. The first-order valence-corrected chi connectivity index (χ1v) is 10.7. The summed E-state index contributed by atoms with van der Waals surface area (Å²) in [4.78, 5) is 27.6. The molecule has 0 atom stereocenters. The molecule has 0 N–H and O–H groups in total. The van der Waals surface area contributed by atoms with Crippen LogP contribution >= 0.6 is 0 Å². The van der Waals surface area contributed by atoms with Crippen LogP contribution in [0, 0.1) is 20.8 Å². The van der Waals surface area contributed by atoms with E-state index in [0.717, 1.165) is 33.2 Å². The van der Waals surface area contributed by atoms with Gasteiger partial charge in [0.05, 0.1) is 23.3 Å². The standard InChI is InChI=1S/C27H25N3O2/c1-17-7-5-9-20(13-17)16-29-24-22-15-19(3)11-12-23(22)28(4)25(24)26(31)30(27(29)32)21-10-6-8-18(2)14-21/h5-15H,16H2,1-4H3. The number of aryl methyl sites for hydroxylation is 4. The van der Waals surface area contributed by atoms with Gasteiger partial charge in [0.1, 0.15) is 5.52 Å². The van der Waals surface area contributed by atoms with Gasteiger partial charge in [-0.2, -0.15) is 0 Å². The van der Waals surface area contributed by atoms with Crippen molar-refractivity contribution in [2.45, 2.75) is 27.3 Å². The van der Waals surface area contributed by atoms with E-state index >= 15 is 0 Å². The Morgan fingerprint density at radius 3 is 2.16 bits per heavy atom. The molecular formula is C27H25N3O2. The van der Waals surface area contributed by atoms with E-state index in [2.05, 4.69) is 12.1 Å². The fourth-order valence-electron chi connectivity index (χ4n) is 4.60. The monoisotopic (exact) mass is 423 g/mol. The average molecular weight is 424 g/mol. The molecule has 3 aromatic carbocycles. The molecule has 160 valence electrons. The molecule has 0 aliphatic rings. The first kappa shape index (κ1) is 20.1. The topological polar surface area (TPSA) is 48.9 Å². The number of aromatic nitrogens is 3. The highest BCUT2D eigenvalue weighted by Gasteiger charge is 2.21. The Bertz CT molecular complexity index is 1630. The second kappa shape index (κ2) is 7.38. The molecule has 0 aliphatic carbocycles. The fraction of sp³-hybridized carbons (Fsp3) is 0.185. The maximum absolute atomic E-state index is 13.9. The molecule has 0 fully saturated rings. The van der Waals surface area contributed by atoms with Crippen molar-refractivity contribution < 1.29 is 0 Å². The van der Waals surface area contributed by atoms with Crippen LogP contribution in [0.15, 0.2) is 76.3 Å². The van der Waals surface area contributed by atoms with Crippen molar-refractivity contribution in [1.82, 2.24) is 13.7 Å². The molecule has 2 heterocycles. The van der Waals surface area contributed by atoms with Crippen LogP contribution in [-0.2, 0) is 13.6 Å². The van der Waals surface area contributed by atoms with Gasteiger partial charge in [0.2, 0.25) is 0 Å². The van der Waals surface area contributed by atoms with Crippen molar-refractivity contribution in [2.75, 3.05) is 0 Å². The highest BCUT2D eigenvalue weighted by atomic mass is 16.2. The minimum atomic E-state index is -0.330. The van der Waals surface area contributed by atoms with Gasteiger partial charge in [-0.3, -0.25) is 9.36 Å². The summed E-state index contributed by atoms with van der Waals surface area (Å²) in [5.74, 6) is 0. The second-order valence-electron chi connectivity index (χ2n) is 8.61. The zero-order chi connectivity index (χ0) is 22.6. The summed E-state index contributed by atoms with van der Waals surface area (Å²) < 4.78 is 4.96. The van der Waals surface area contributed by atoms with E-state index < -0.39 is 0 Å². The Kier molecular flexibility index (Phi) is 4.63. The maximum atomic E-state index is 13.9. The third-order valence-corrected chi connectivity index (χ3v) is 6.11. The molecular weight excluding hydrogens is 398 g/mol. The van der Waals surface area contributed by atoms with E-state index in [-0.39, 0.29) is 11.2 Å². The van der Waals surface area contributed by atoms with Crippen LogP contribution in [0.3, 0.4) is 0 Å². The zero-order valence-electron chi connectivity index (χ0n) is 18.7. The predicted molar refractivity (Wildman–Crippen MR) is 130 cm³/mol. The molecule has 0 saturated carbocycles. The van der Waals surface area contributed by atoms with Gasteiger partial charge in [-0.25, -0.2) is 9.36 Å². The van der Waals surface area contributed by atoms with Crippen LogP contribution in [0.4, 0.5) is 0 Å². The molecule has 0 bridgehead atoms. The summed E-state index contributed by atoms with van der Waals surface area (Å²) in [7, 11) is 1.89.